The van der Waals surface area contributed by atoms with Crippen LogP contribution in [0, 0.1) is 0 Å². The summed E-state index contributed by atoms with van der Waals surface area (Å²) in [7, 11) is 5.49. The lowest BCUT2D eigenvalue weighted by atomic mass is 10.2. The van der Waals surface area contributed by atoms with Gasteiger partial charge in [0.1, 0.15) is 5.75 Å². The predicted molar refractivity (Wildman–Crippen MR) is 75.6 cm³/mol. The zero-order valence-electron chi connectivity index (χ0n) is 11.8. The summed E-state index contributed by atoms with van der Waals surface area (Å²) in [6.07, 6.45) is 0. The largest absolute Gasteiger partial charge is 0.495 e. The highest BCUT2D eigenvalue weighted by molar-refractivity contribution is 5.57. The van der Waals surface area contributed by atoms with E-state index in [9.17, 15) is 0 Å². The van der Waals surface area contributed by atoms with Crippen LogP contribution in [0.3, 0.4) is 0 Å². The topological polar surface area (TPSA) is 33.7 Å². The molecule has 1 N–H and O–H groups in total. The van der Waals surface area contributed by atoms with Crippen molar-refractivity contribution < 1.29 is 9.47 Å². The molecular weight excluding hydrogens is 228 g/mol. The lowest BCUT2D eigenvalue weighted by Gasteiger charge is -2.23. The van der Waals surface area contributed by atoms with Crippen LogP contribution < -0.4 is 15.0 Å². The van der Waals surface area contributed by atoms with E-state index >= 15 is 0 Å². The monoisotopic (exact) mass is 252 g/mol. The Kier molecular flexibility index (Phi) is 6.54. The molecule has 0 aliphatic carbocycles. The maximum atomic E-state index is 5.35. The molecule has 4 heteroatoms. The van der Waals surface area contributed by atoms with Crippen LogP contribution in [-0.4, -0.2) is 47.0 Å². The first-order valence-corrected chi connectivity index (χ1v) is 6.25. The Hall–Kier alpha value is -1.26. The van der Waals surface area contributed by atoms with E-state index in [4.69, 9.17) is 9.47 Å². The van der Waals surface area contributed by atoms with Crippen molar-refractivity contribution in [1.82, 2.24) is 5.32 Å². The van der Waals surface area contributed by atoms with Gasteiger partial charge in [0, 0.05) is 33.3 Å². The molecule has 18 heavy (non-hydrogen) atoms. The number of methoxy groups -OCH3 is 2. The number of rotatable bonds is 8. The lowest BCUT2D eigenvalue weighted by Crippen LogP contribution is -2.36. The van der Waals surface area contributed by atoms with Crippen molar-refractivity contribution in [3.8, 4) is 5.75 Å². The van der Waals surface area contributed by atoms with Gasteiger partial charge in [0.2, 0.25) is 0 Å². The molecule has 0 bridgehead atoms. The lowest BCUT2D eigenvalue weighted by molar-refractivity contribution is 0.173. The Balaban J connectivity index is 2.42. The molecule has 0 heterocycles. The van der Waals surface area contributed by atoms with Gasteiger partial charge >= 0.3 is 0 Å². The van der Waals surface area contributed by atoms with Crippen LogP contribution in [0.4, 0.5) is 5.69 Å². The molecule has 1 unspecified atom stereocenters. The van der Waals surface area contributed by atoms with E-state index in [0.717, 1.165) is 31.1 Å². The third-order valence-corrected chi connectivity index (χ3v) is 2.85. The number of para-hydroxylation sites is 2. The molecule has 0 aliphatic heterocycles. The van der Waals surface area contributed by atoms with Crippen molar-refractivity contribution in [3.05, 3.63) is 24.3 Å². The maximum absolute atomic E-state index is 5.35. The molecule has 0 spiro atoms. The first-order chi connectivity index (χ1) is 8.69. The van der Waals surface area contributed by atoms with Crippen molar-refractivity contribution in [2.45, 2.75) is 13.0 Å². The second kappa shape index (κ2) is 7.95. The number of anilines is 1. The average molecular weight is 252 g/mol. The molecule has 0 radical (unpaired) electrons. The molecule has 102 valence electrons. The van der Waals surface area contributed by atoms with Gasteiger partial charge in [0.05, 0.1) is 19.4 Å². The number of nitrogens with one attached hydrogen (secondary N) is 1. The Morgan fingerprint density at radius 1 is 1.28 bits per heavy atom. The SMILES string of the molecule is COCC(C)NCCN(C)c1ccccc1OC. The second-order valence-corrected chi connectivity index (χ2v) is 4.40. The predicted octanol–water partition coefficient (Wildman–Crippen LogP) is 1.76. The quantitative estimate of drug-likeness (QED) is 0.764. The minimum Gasteiger partial charge on any atom is -0.495 e. The molecular formula is C14H24N2O2. The van der Waals surface area contributed by atoms with Gasteiger partial charge in [-0.1, -0.05) is 12.1 Å². The Labute approximate surface area is 110 Å². The molecule has 0 fully saturated rings. The molecule has 0 aliphatic rings. The first-order valence-electron chi connectivity index (χ1n) is 6.25. The molecule has 0 saturated heterocycles. The van der Waals surface area contributed by atoms with E-state index in [0.29, 0.717) is 6.04 Å². The minimum absolute atomic E-state index is 0.376. The highest BCUT2D eigenvalue weighted by atomic mass is 16.5. The molecule has 4 nitrogen and oxygen atoms in total. The second-order valence-electron chi connectivity index (χ2n) is 4.40. The van der Waals surface area contributed by atoms with E-state index in [1.54, 1.807) is 14.2 Å². The Morgan fingerprint density at radius 3 is 2.67 bits per heavy atom. The highest BCUT2D eigenvalue weighted by Gasteiger charge is 2.07. The summed E-state index contributed by atoms with van der Waals surface area (Å²) in [5, 5.41) is 3.41. The van der Waals surface area contributed by atoms with E-state index in [-0.39, 0.29) is 0 Å². The van der Waals surface area contributed by atoms with E-state index < -0.39 is 0 Å². The molecule has 1 aromatic rings. The smallest absolute Gasteiger partial charge is 0.142 e. The van der Waals surface area contributed by atoms with Crippen molar-refractivity contribution in [1.29, 1.82) is 0 Å². The van der Waals surface area contributed by atoms with Gasteiger partial charge in [-0.05, 0) is 19.1 Å². The summed E-state index contributed by atoms with van der Waals surface area (Å²) in [5.41, 5.74) is 1.11. The van der Waals surface area contributed by atoms with Crippen LogP contribution in [0.5, 0.6) is 5.75 Å². The van der Waals surface area contributed by atoms with Gasteiger partial charge in [-0.15, -0.1) is 0 Å². The van der Waals surface area contributed by atoms with Crippen molar-refractivity contribution in [3.63, 3.8) is 0 Å². The summed E-state index contributed by atoms with van der Waals surface area (Å²) < 4.78 is 10.4. The number of benzene rings is 1. The van der Waals surface area contributed by atoms with Gasteiger partial charge in [-0.2, -0.15) is 0 Å². The first kappa shape index (κ1) is 14.8. The van der Waals surface area contributed by atoms with Crippen LogP contribution in [-0.2, 0) is 4.74 Å². The van der Waals surface area contributed by atoms with Crippen LogP contribution >= 0.6 is 0 Å². The molecule has 1 atom stereocenters. The molecule has 0 aromatic heterocycles. The zero-order valence-corrected chi connectivity index (χ0v) is 11.8. The van der Waals surface area contributed by atoms with Crippen LogP contribution in [0.1, 0.15) is 6.92 Å². The number of likely N-dealkylation sites (N-methyl/N-ethyl adjacent to an activating group) is 1. The van der Waals surface area contributed by atoms with Crippen LogP contribution in [0.15, 0.2) is 24.3 Å². The van der Waals surface area contributed by atoms with Crippen LogP contribution in [0.25, 0.3) is 0 Å². The fourth-order valence-corrected chi connectivity index (χ4v) is 1.85. The molecule has 0 saturated carbocycles. The number of nitrogens with zero attached hydrogens (tertiary/aromatic N) is 1. The van der Waals surface area contributed by atoms with Crippen molar-refractivity contribution in [2.24, 2.45) is 0 Å². The van der Waals surface area contributed by atoms with E-state index in [1.807, 2.05) is 18.2 Å². The van der Waals surface area contributed by atoms with Crippen molar-refractivity contribution in [2.75, 3.05) is 45.9 Å². The van der Waals surface area contributed by atoms with Gasteiger partial charge in [-0.3, -0.25) is 0 Å². The highest BCUT2D eigenvalue weighted by Crippen LogP contribution is 2.25. The fraction of sp³-hybridized carbons (Fsp3) is 0.571. The fourth-order valence-electron chi connectivity index (χ4n) is 1.85. The Bertz CT molecular complexity index is 344. The summed E-state index contributed by atoms with van der Waals surface area (Å²) in [5.74, 6) is 0.907. The number of hydrogen-bond acceptors (Lipinski definition) is 4. The van der Waals surface area contributed by atoms with Gasteiger partial charge in [0.25, 0.3) is 0 Å². The average Bonchev–Trinajstić information content (AvgIpc) is 2.38. The standard InChI is InChI=1S/C14H24N2O2/c1-12(11-17-3)15-9-10-16(2)13-7-5-6-8-14(13)18-4/h5-8,12,15H,9-11H2,1-4H3. The zero-order chi connectivity index (χ0) is 13.4. The molecule has 1 aromatic carbocycles. The summed E-state index contributed by atoms with van der Waals surface area (Å²) >= 11 is 0. The van der Waals surface area contributed by atoms with Gasteiger partial charge < -0.3 is 19.7 Å². The summed E-state index contributed by atoms with van der Waals surface area (Å²) in [6.45, 7) is 4.69. The van der Waals surface area contributed by atoms with Crippen molar-refractivity contribution >= 4 is 5.69 Å². The number of ether oxygens (including phenoxy) is 2. The maximum Gasteiger partial charge on any atom is 0.142 e. The third kappa shape index (κ3) is 4.55. The minimum atomic E-state index is 0.376. The number of hydrogen-bond donors (Lipinski definition) is 1. The van der Waals surface area contributed by atoms with Gasteiger partial charge in [-0.25, -0.2) is 0 Å². The van der Waals surface area contributed by atoms with E-state index in [2.05, 4.69) is 30.3 Å². The van der Waals surface area contributed by atoms with E-state index in [1.165, 1.54) is 0 Å². The molecule has 0 amide bonds. The normalized spacial score (nSPS) is 12.2. The molecule has 1 rings (SSSR count). The summed E-state index contributed by atoms with van der Waals surface area (Å²) in [6, 6.07) is 8.43. The van der Waals surface area contributed by atoms with Crippen LogP contribution in [0.2, 0.25) is 0 Å². The summed E-state index contributed by atoms with van der Waals surface area (Å²) in [4.78, 5) is 2.19. The Morgan fingerprint density at radius 2 is 2.00 bits per heavy atom. The third-order valence-electron chi connectivity index (χ3n) is 2.85. The van der Waals surface area contributed by atoms with Gasteiger partial charge in [0.15, 0.2) is 0 Å².